The lowest BCUT2D eigenvalue weighted by Crippen LogP contribution is -2.11. The van der Waals surface area contributed by atoms with E-state index in [0.717, 1.165) is 0 Å². The molecule has 0 aromatic carbocycles. The molecule has 3 nitrogen and oxygen atoms in total. The van der Waals surface area contributed by atoms with Gasteiger partial charge in [-0.1, -0.05) is 34.8 Å². The zero-order chi connectivity index (χ0) is 10.4. The number of carbonyl (C=O) groups excluding carboxylic acids is 2. The summed E-state index contributed by atoms with van der Waals surface area (Å²) in [6.45, 7) is 1.84. The number of ether oxygens (including phenoxy) is 1. The lowest BCUT2D eigenvalue weighted by atomic mass is 10.3. The van der Waals surface area contributed by atoms with E-state index in [1.54, 1.807) is 6.92 Å². The summed E-state index contributed by atoms with van der Waals surface area (Å²) in [7, 11) is 0. The molecule has 0 saturated heterocycles. The first kappa shape index (κ1) is 12.8. The largest absolute Gasteiger partial charge is 0.466 e. The Hall–Kier alpha value is -0.250. The van der Waals surface area contributed by atoms with Crippen LogP contribution in [0.4, 0.5) is 0 Å². The van der Waals surface area contributed by atoms with E-state index in [9.17, 15) is 9.59 Å². The second-order valence-electron chi connectivity index (χ2n) is 1.98. The molecular formula is C7H7Cl3O3. The van der Waals surface area contributed by atoms with Crippen LogP contribution in [0.25, 0.3) is 0 Å². The summed E-state index contributed by atoms with van der Waals surface area (Å²) in [6, 6.07) is 0. The standard InChI is InChI=1S/C7H7Cl3O3/c1-2-13-5(12)3-4(11)6(8)7(9)10/h2-3H2,1H3. The number of halogens is 3. The third-order valence-corrected chi connectivity index (χ3v) is 1.99. The van der Waals surface area contributed by atoms with Gasteiger partial charge in [-0.3, -0.25) is 9.59 Å². The number of carbonyl (C=O) groups is 2. The van der Waals surface area contributed by atoms with Crippen LogP contribution in [0.5, 0.6) is 0 Å². The maximum atomic E-state index is 11.0. The van der Waals surface area contributed by atoms with Gasteiger partial charge >= 0.3 is 5.97 Å². The van der Waals surface area contributed by atoms with Gasteiger partial charge in [0.2, 0.25) is 0 Å². The molecule has 0 aromatic heterocycles. The van der Waals surface area contributed by atoms with Crippen molar-refractivity contribution in [2.24, 2.45) is 0 Å². The summed E-state index contributed by atoms with van der Waals surface area (Å²) in [6.07, 6.45) is -0.449. The Balaban J connectivity index is 4.17. The highest BCUT2D eigenvalue weighted by atomic mass is 35.5. The van der Waals surface area contributed by atoms with Gasteiger partial charge in [-0.05, 0) is 6.92 Å². The zero-order valence-electron chi connectivity index (χ0n) is 6.77. The molecule has 0 saturated carbocycles. The Morgan fingerprint density at radius 3 is 2.15 bits per heavy atom. The summed E-state index contributed by atoms with van der Waals surface area (Å²) >= 11 is 15.8. The van der Waals surface area contributed by atoms with Crippen molar-refractivity contribution < 1.29 is 14.3 Å². The van der Waals surface area contributed by atoms with Crippen LogP contribution in [0.1, 0.15) is 13.3 Å². The summed E-state index contributed by atoms with van der Waals surface area (Å²) in [5.41, 5.74) is 0. The Morgan fingerprint density at radius 1 is 1.23 bits per heavy atom. The first-order valence-corrected chi connectivity index (χ1v) is 4.52. The maximum absolute atomic E-state index is 11.0. The molecule has 0 unspecified atom stereocenters. The van der Waals surface area contributed by atoms with Gasteiger partial charge in [-0.15, -0.1) is 0 Å². The molecule has 0 radical (unpaired) electrons. The molecule has 6 heteroatoms. The minimum atomic E-state index is -0.653. The number of allylic oxidation sites excluding steroid dienone is 1. The number of esters is 1. The Labute approximate surface area is 90.6 Å². The molecular weight excluding hydrogens is 238 g/mol. The fourth-order valence-electron chi connectivity index (χ4n) is 0.526. The van der Waals surface area contributed by atoms with E-state index < -0.39 is 18.2 Å². The van der Waals surface area contributed by atoms with Crippen molar-refractivity contribution in [1.29, 1.82) is 0 Å². The van der Waals surface area contributed by atoms with E-state index in [1.165, 1.54) is 0 Å². The molecule has 0 aliphatic carbocycles. The lowest BCUT2D eigenvalue weighted by molar-refractivity contribution is -0.144. The third kappa shape index (κ3) is 5.13. The van der Waals surface area contributed by atoms with Crippen LogP contribution in [0.15, 0.2) is 9.52 Å². The molecule has 0 rings (SSSR count). The van der Waals surface area contributed by atoms with Crippen LogP contribution in [-0.2, 0) is 14.3 Å². The molecule has 0 heterocycles. The van der Waals surface area contributed by atoms with Crippen LogP contribution in [0.3, 0.4) is 0 Å². The van der Waals surface area contributed by atoms with E-state index in [2.05, 4.69) is 4.74 Å². The summed E-state index contributed by atoms with van der Waals surface area (Å²) in [5.74, 6) is -1.31. The molecule has 0 spiro atoms. The number of rotatable bonds is 4. The highest BCUT2D eigenvalue weighted by Crippen LogP contribution is 2.19. The predicted molar refractivity (Wildman–Crippen MR) is 50.8 cm³/mol. The van der Waals surface area contributed by atoms with Gasteiger partial charge in [0.1, 0.15) is 15.9 Å². The monoisotopic (exact) mass is 244 g/mol. The van der Waals surface area contributed by atoms with Crippen LogP contribution >= 0.6 is 34.8 Å². The molecule has 74 valence electrons. The van der Waals surface area contributed by atoms with Crippen molar-refractivity contribution in [3.05, 3.63) is 9.52 Å². The van der Waals surface area contributed by atoms with Crippen LogP contribution in [0.2, 0.25) is 0 Å². The normalized spacial score (nSPS) is 9.23. The second kappa shape index (κ2) is 6.24. The topological polar surface area (TPSA) is 43.4 Å². The van der Waals surface area contributed by atoms with Crippen LogP contribution in [0, 0.1) is 0 Å². The molecule has 0 aliphatic rings. The summed E-state index contributed by atoms with van der Waals surface area (Å²) in [5, 5.41) is -0.351. The van der Waals surface area contributed by atoms with Crippen molar-refractivity contribution in [2.75, 3.05) is 6.61 Å². The van der Waals surface area contributed by atoms with Crippen molar-refractivity contribution in [3.8, 4) is 0 Å². The molecule has 0 N–H and O–H groups in total. The predicted octanol–water partition coefficient (Wildman–Crippen LogP) is 2.39. The average Bonchev–Trinajstić information content (AvgIpc) is 2.03. The molecule has 0 bridgehead atoms. The smallest absolute Gasteiger partial charge is 0.313 e. The number of hydrogen-bond donors (Lipinski definition) is 0. The van der Waals surface area contributed by atoms with E-state index in [-0.39, 0.29) is 16.1 Å². The van der Waals surface area contributed by atoms with Crippen molar-refractivity contribution >= 4 is 46.6 Å². The minimum Gasteiger partial charge on any atom is -0.466 e. The van der Waals surface area contributed by atoms with Crippen LogP contribution in [-0.4, -0.2) is 18.4 Å². The van der Waals surface area contributed by atoms with E-state index in [1.807, 2.05) is 0 Å². The van der Waals surface area contributed by atoms with Crippen molar-refractivity contribution in [1.82, 2.24) is 0 Å². The summed E-state index contributed by atoms with van der Waals surface area (Å²) < 4.78 is 4.16. The Morgan fingerprint density at radius 2 is 1.77 bits per heavy atom. The first-order chi connectivity index (χ1) is 5.99. The van der Waals surface area contributed by atoms with Gasteiger partial charge in [0.25, 0.3) is 0 Å². The van der Waals surface area contributed by atoms with E-state index >= 15 is 0 Å². The van der Waals surface area contributed by atoms with Gasteiger partial charge in [-0.25, -0.2) is 0 Å². The fourth-order valence-corrected chi connectivity index (χ4v) is 0.804. The summed E-state index contributed by atoms with van der Waals surface area (Å²) in [4.78, 5) is 21.8. The highest BCUT2D eigenvalue weighted by Gasteiger charge is 2.15. The SMILES string of the molecule is CCOC(=O)CC(=O)C(Cl)=C(Cl)Cl. The van der Waals surface area contributed by atoms with E-state index in [0.29, 0.717) is 0 Å². The average molecular weight is 245 g/mol. The van der Waals surface area contributed by atoms with Crippen molar-refractivity contribution in [2.45, 2.75) is 13.3 Å². The molecule has 13 heavy (non-hydrogen) atoms. The molecule has 0 aliphatic heterocycles. The third-order valence-electron chi connectivity index (χ3n) is 1.02. The molecule has 0 aromatic rings. The fraction of sp³-hybridized carbons (Fsp3) is 0.429. The first-order valence-electron chi connectivity index (χ1n) is 3.38. The van der Waals surface area contributed by atoms with Gasteiger partial charge in [0.05, 0.1) is 6.61 Å². The zero-order valence-corrected chi connectivity index (χ0v) is 9.04. The van der Waals surface area contributed by atoms with Gasteiger partial charge in [0.15, 0.2) is 5.78 Å². The Kier molecular flexibility index (Phi) is 6.12. The van der Waals surface area contributed by atoms with Gasteiger partial charge in [0, 0.05) is 0 Å². The quantitative estimate of drug-likeness (QED) is 0.434. The minimum absolute atomic E-state index is 0.210. The number of ketones is 1. The van der Waals surface area contributed by atoms with Gasteiger partial charge < -0.3 is 4.74 Å². The maximum Gasteiger partial charge on any atom is 0.313 e. The number of Topliss-reactive ketones (excluding diaryl/α,β-unsaturated/α-hetero) is 1. The lowest BCUT2D eigenvalue weighted by Gasteiger charge is -1.99. The van der Waals surface area contributed by atoms with Crippen molar-refractivity contribution in [3.63, 3.8) is 0 Å². The number of hydrogen-bond acceptors (Lipinski definition) is 3. The van der Waals surface area contributed by atoms with Crippen LogP contribution < -0.4 is 0 Å². The Bertz CT molecular complexity index is 243. The molecule has 0 fully saturated rings. The molecule has 0 atom stereocenters. The molecule has 0 amide bonds. The van der Waals surface area contributed by atoms with Gasteiger partial charge in [-0.2, -0.15) is 0 Å². The highest BCUT2D eigenvalue weighted by molar-refractivity contribution is 6.62. The second-order valence-corrected chi connectivity index (χ2v) is 3.31. The van der Waals surface area contributed by atoms with E-state index in [4.69, 9.17) is 34.8 Å².